The Morgan fingerprint density at radius 3 is 2.00 bits per heavy atom. The molecule has 0 aromatic heterocycles. The lowest BCUT2D eigenvalue weighted by Crippen LogP contribution is -2.86. The van der Waals surface area contributed by atoms with Gasteiger partial charge in [-0.2, -0.15) is 0 Å². The summed E-state index contributed by atoms with van der Waals surface area (Å²) >= 11 is 0. The van der Waals surface area contributed by atoms with E-state index in [1.54, 1.807) is 21.1 Å². The van der Waals surface area contributed by atoms with Gasteiger partial charge in [-0.15, -0.1) is 0 Å². The van der Waals surface area contributed by atoms with Crippen molar-refractivity contribution in [1.29, 1.82) is 0 Å². The molecule has 0 aromatic carbocycles. The SMILES string of the molecule is C[NH2+]C(=O)N(C)C. The third-order valence-corrected chi connectivity index (χ3v) is 0.688. The van der Waals surface area contributed by atoms with Crippen LogP contribution in [-0.4, -0.2) is 32.1 Å². The second-order valence-electron chi connectivity index (χ2n) is 1.52. The van der Waals surface area contributed by atoms with Gasteiger partial charge in [0, 0.05) is 14.1 Å². The van der Waals surface area contributed by atoms with Gasteiger partial charge in [0.25, 0.3) is 0 Å². The molecule has 3 nitrogen and oxygen atoms in total. The fraction of sp³-hybridized carbons (Fsp3) is 0.750. The zero-order valence-electron chi connectivity index (χ0n) is 4.93. The summed E-state index contributed by atoms with van der Waals surface area (Å²) in [6, 6.07) is 0.0556. The Morgan fingerprint density at radius 1 is 1.57 bits per heavy atom. The lowest BCUT2D eigenvalue weighted by Gasteiger charge is -2.01. The number of quaternary nitrogens is 1. The molecule has 0 saturated carbocycles. The van der Waals surface area contributed by atoms with Crippen molar-refractivity contribution in [1.82, 2.24) is 4.90 Å². The molecule has 42 valence electrons. The molecule has 0 atom stereocenters. The highest BCUT2D eigenvalue weighted by Crippen LogP contribution is 1.64. The Balaban J connectivity index is 3.35. The summed E-state index contributed by atoms with van der Waals surface area (Å²) in [7, 11) is 5.17. The van der Waals surface area contributed by atoms with Crippen LogP contribution in [0.1, 0.15) is 0 Å². The van der Waals surface area contributed by atoms with Gasteiger partial charge in [-0.3, -0.25) is 10.2 Å². The number of carbonyl (C=O) groups excluding carboxylic acids is 1. The number of carbonyl (C=O) groups is 1. The Kier molecular flexibility index (Phi) is 2.37. The lowest BCUT2D eigenvalue weighted by molar-refractivity contribution is -0.530. The van der Waals surface area contributed by atoms with Crippen LogP contribution in [0.3, 0.4) is 0 Å². The summed E-state index contributed by atoms with van der Waals surface area (Å²) in [4.78, 5) is 11.9. The second kappa shape index (κ2) is 2.58. The van der Waals surface area contributed by atoms with Gasteiger partial charge < -0.3 is 0 Å². The van der Waals surface area contributed by atoms with E-state index in [9.17, 15) is 4.79 Å². The Hall–Kier alpha value is -0.570. The minimum absolute atomic E-state index is 0.0556. The normalized spacial score (nSPS) is 8.43. The second-order valence-corrected chi connectivity index (χ2v) is 1.52. The largest absolute Gasteiger partial charge is 0.415 e. The third kappa shape index (κ3) is 2.17. The Labute approximate surface area is 43.3 Å². The van der Waals surface area contributed by atoms with E-state index in [1.807, 2.05) is 0 Å². The Bertz CT molecular complexity index is 70.1. The van der Waals surface area contributed by atoms with Crippen LogP contribution >= 0.6 is 0 Å². The molecule has 3 heteroatoms. The van der Waals surface area contributed by atoms with Gasteiger partial charge >= 0.3 is 6.03 Å². The third-order valence-electron chi connectivity index (χ3n) is 0.688. The van der Waals surface area contributed by atoms with Crippen LogP contribution in [0, 0.1) is 0 Å². The van der Waals surface area contributed by atoms with Crippen molar-refractivity contribution in [2.75, 3.05) is 21.1 Å². The number of rotatable bonds is 0. The molecule has 2 N–H and O–H groups in total. The maximum atomic E-state index is 10.4. The van der Waals surface area contributed by atoms with Gasteiger partial charge in [-0.1, -0.05) is 0 Å². The summed E-state index contributed by atoms with van der Waals surface area (Å²) in [5, 5.41) is 1.53. The minimum atomic E-state index is 0.0556. The van der Waals surface area contributed by atoms with Crippen LogP contribution in [0.4, 0.5) is 4.79 Å². The van der Waals surface area contributed by atoms with Crippen LogP contribution in [0.5, 0.6) is 0 Å². The van der Waals surface area contributed by atoms with Crippen molar-refractivity contribution in [2.45, 2.75) is 0 Å². The topological polar surface area (TPSA) is 36.9 Å². The molecule has 0 rings (SSSR count). The first-order valence-corrected chi connectivity index (χ1v) is 2.19. The van der Waals surface area contributed by atoms with E-state index in [-0.39, 0.29) is 6.03 Å². The molecule has 7 heavy (non-hydrogen) atoms. The molecule has 0 heterocycles. The van der Waals surface area contributed by atoms with E-state index in [2.05, 4.69) is 0 Å². The molecular weight excluding hydrogens is 92.1 g/mol. The van der Waals surface area contributed by atoms with Gasteiger partial charge in [-0.05, 0) is 0 Å². The molecule has 2 amide bonds. The van der Waals surface area contributed by atoms with Gasteiger partial charge in [0.2, 0.25) is 0 Å². The molecule has 0 saturated heterocycles. The van der Waals surface area contributed by atoms with E-state index in [0.717, 1.165) is 0 Å². The molecule has 0 unspecified atom stereocenters. The quantitative estimate of drug-likeness (QED) is 0.413. The van der Waals surface area contributed by atoms with Crippen molar-refractivity contribution < 1.29 is 10.1 Å². The highest BCUT2D eigenvalue weighted by Gasteiger charge is 2.00. The molecular formula is C4H11N2O+. The van der Waals surface area contributed by atoms with Gasteiger partial charge in [0.15, 0.2) is 0 Å². The molecule has 0 spiro atoms. The van der Waals surface area contributed by atoms with Gasteiger partial charge in [0.1, 0.15) is 0 Å². The molecule has 0 aliphatic rings. The van der Waals surface area contributed by atoms with Crippen molar-refractivity contribution in [3.05, 3.63) is 0 Å². The average molecular weight is 103 g/mol. The fourth-order valence-electron chi connectivity index (χ4n) is 0.258. The number of urea groups is 1. The van der Waals surface area contributed by atoms with Crippen molar-refractivity contribution in [3.63, 3.8) is 0 Å². The maximum absolute atomic E-state index is 10.4. The first-order valence-electron chi connectivity index (χ1n) is 2.19. The number of nitrogens with two attached hydrogens (primary N) is 1. The van der Waals surface area contributed by atoms with E-state index < -0.39 is 0 Å². The van der Waals surface area contributed by atoms with Crippen molar-refractivity contribution in [2.24, 2.45) is 0 Å². The van der Waals surface area contributed by atoms with E-state index in [0.29, 0.717) is 0 Å². The number of hydrogen-bond acceptors (Lipinski definition) is 1. The lowest BCUT2D eigenvalue weighted by atomic mass is 10.8. The molecule has 0 aliphatic heterocycles. The zero-order valence-corrected chi connectivity index (χ0v) is 4.93. The highest BCUT2D eigenvalue weighted by molar-refractivity contribution is 5.62. The molecule has 0 radical (unpaired) electrons. The summed E-state index contributed by atoms with van der Waals surface area (Å²) < 4.78 is 0. The highest BCUT2D eigenvalue weighted by atomic mass is 16.2. The van der Waals surface area contributed by atoms with Crippen LogP contribution in [0.25, 0.3) is 0 Å². The molecule has 0 bridgehead atoms. The van der Waals surface area contributed by atoms with Crippen LogP contribution in [0.15, 0.2) is 0 Å². The van der Waals surface area contributed by atoms with Crippen LogP contribution < -0.4 is 5.32 Å². The van der Waals surface area contributed by atoms with Crippen molar-refractivity contribution in [3.8, 4) is 0 Å². The van der Waals surface area contributed by atoms with Crippen molar-refractivity contribution >= 4 is 6.03 Å². The van der Waals surface area contributed by atoms with Gasteiger partial charge in [-0.25, -0.2) is 4.79 Å². The monoisotopic (exact) mass is 103 g/mol. The fourth-order valence-corrected chi connectivity index (χ4v) is 0.258. The standard InChI is InChI=1S/C4H10N2O/c1-5-4(7)6(2)3/h1-3H3,(H,5,7)/p+1. The van der Waals surface area contributed by atoms with Crippen LogP contribution in [-0.2, 0) is 0 Å². The first-order chi connectivity index (χ1) is 3.18. The minimum Gasteiger partial charge on any atom is -0.299 e. The number of primary amides is 1. The number of hydrogen-bond donors (Lipinski definition) is 1. The van der Waals surface area contributed by atoms with E-state index in [4.69, 9.17) is 0 Å². The Morgan fingerprint density at radius 2 is 2.00 bits per heavy atom. The van der Waals surface area contributed by atoms with Crippen LogP contribution in [0.2, 0.25) is 0 Å². The molecule has 0 aliphatic carbocycles. The summed E-state index contributed by atoms with van der Waals surface area (Å²) in [5.41, 5.74) is 0. The molecule has 0 aromatic rings. The smallest absolute Gasteiger partial charge is 0.299 e. The summed E-state index contributed by atoms with van der Waals surface area (Å²) in [6.45, 7) is 0. The maximum Gasteiger partial charge on any atom is 0.415 e. The van der Waals surface area contributed by atoms with E-state index >= 15 is 0 Å². The predicted octanol–water partition coefficient (Wildman–Crippen LogP) is -1.14. The predicted molar refractivity (Wildman–Crippen MR) is 26.9 cm³/mol. The molecule has 0 fully saturated rings. The zero-order chi connectivity index (χ0) is 5.86. The van der Waals surface area contributed by atoms with Gasteiger partial charge in [0.05, 0.1) is 7.05 Å². The van der Waals surface area contributed by atoms with E-state index in [1.165, 1.54) is 10.2 Å². The first kappa shape index (κ1) is 6.43. The summed E-state index contributed by atoms with van der Waals surface area (Å²) in [5.74, 6) is 0. The summed E-state index contributed by atoms with van der Waals surface area (Å²) in [6.07, 6.45) is 0. The average Bonchev–Trinajstić information content (AvgIpc) is 1.65. The number of amides is 2. The number of nitrogens with zero attached hydrogens (tertiary/aromatic N) is 1.